The third kappa shape index (κ3) is 3.07. The molecule has 0 bridgehead atoms. The van der Waals surface area contributed by atoms with Gasteiger partial charge in [-0.3, -0.25) is 10.00 Å². The average molecular weight is 236 g/mol. The van der Waals surface area contributed by atoms with Crippen LogP contribution in [0.4, 0.5) is 0 Å². The fourth-order valence-corrected chi connectivity index (χ4v) is 2.48. The van der Waals surface area contributed by atoms with E-state index in [1.807, 2.05) is 6.20 Å². The Hall–Kier alpha value is -0.870. The van der Waals surface area contributed by atoms with Gasteiger partial charge in [0.25, 0.3) is 0 Å². The first-order chi connectivity index (χ1) is 7.97. The van der Waals surface area contributed by atoms with E-state index in [1.54, 1.807) is 0 Å². The highest BCUT2D eigenvalue weighted by Crippen LogP contribution is 2.24. The van der Waals surface area contributed by atoms with Crippen LogP contribution in [0.2, 0.25) is 0 Å². The molecule has 1 aromatic heterocycles. The van der Waals surface area contributed by atoms with Crippen molar-refractivity contribution in [2.75, 3.05) is 19.6 Å². The summed E-state index contributed by atoms with van der Waals surface area (Å²) in [7, 11) is 0. The minimum absolute atomic E-state index is 0.144. The van der Waals surface area contributed by atoms with Crippen LogP contribution in [0.1, 0.15) is 39.0 Å². The molecule has 0 aliphatic carbocycles. The Kier molecular flexibility index (Phi) is 3.54. The summed E-state index contributed by atoms with van der Waals surface area (Å²) in [4.78, 5) is 2.50. The highest BCUT2D eigenvalue weighted by molar-refractivity contribution is 5.23. The topological polar surface area (TPSA) is 44.0 Å². The van der Waals surface area contributed by atoms with Gasteiger partial charge in [0, 0.05) is 48.9 Å². The van der Waals surface area contributed by atoms with E-state index in [1.165, 1.54) is 11.3 Å². The summed E-state index contributed by atoms with van der Waals surface area (Å²) in [6, 6.07) is 0.591. The van der Waals surface area contributed by atoms with E-state index in [9.17, 15) is 0 Å². The van der Waals surface area contributed by atoms with E-state index in [0.29, 0.717) is 6.04 Å². The van der Waals surface area contributed by atoms with Crippen LogP contribution < -0.4 is 5.32 Å². The summed E-state index contributed by atoms with van der Waals surface area (Å²) in [6.07, 6.45) is 1.98. The van der Waals surface area contributed by atoms with Gasteiger partial charge >= 0.3 is 0 Å². The lowest BCUT2D eigenvalue weighted by atomic mass is 9.89. The third-order valence-electron chi connectivity index (χ3n) is 3.31. The smallest absolute Gasteiger partial charge is 0.0535 e. The molecule has 2 rings (SSSR count). The zero-order chi connectivity index (χ0) is 12.5. The molecule has 4 heteroatoms. The molecule has 1 atom stereocenters. The van der Waals surface area contributed by atoms with E-state index in [-0.39, 0.29) is 5.41 Å². The van der Waals surface area contributed by atoms with Crippen molar-refractivity contribution in [2.24, 2.45) is 0 Å². The molecule has 1 unspecified atom stereocenters. The van der Waals surface area contributed by atoms with Crippen molar-refractivity contribution in [3.8, 4) is 0 Å². The Labute approximate surface area is 104 Å². The van der Waals surface area contributed by atoms with Gasteiger partial charge in [-0.25, -0.2) is 0 Å². The molecule has 0 amide bonds. The van der Waals surface area contributed by atoms with E-state index in [4.69, 9.17) is 0 Å². The number of nitrogens with one attached hydrogen (secondary N) is 2. The third-order valence-corrected chi connectivity index (χ3v) is 3.31. The van der Waals surface area contributed by atoms with Crippen molar-refractivity contribution in [2.45, 2.75) is 45.7 Å². The summed E-state index contributed by atoms with van der Waals surface area (Å²) in [5.41, 5.74) is 2.75. The molecule has 1 aromatic rings. The van der Waals surface area contributed by atoms with Crippen molar-refractivity contribution in [3.63, 3.8) is 0 Å². The Morgan fingerprint density at radius 3 is 2.88 bits per heavy atom. The monoisotopic (exact) mass is 236 g/mol. The van der Waals surface area contributed by atoms with E-state index < -0.39 is 0 Å². The minimum Gasteiger partial charge on any atom is -0.312 e. The van der Waals surface area contributed by atoms with Crippen LogP contribution in [0.15, 0.2) is 6.20 Å². The zero-order valence-electron chi connectivity index (χ0n) is 11.4. The number of rotatable bonds is 2. The molecule has 2 N–H and O–H groups in total. The molecule has 96 valence electrons. The van der Waals surface area contributed by atoms with Gasteiger partial charge in [-0.1, -0.05) is 20.8 Å². The fraction of sp³-hybridized carbons (Fsp3) is 0.769. The highest BCUT2D eigenvalue weighted by atomic mass is 15.2. The molecular weight excluding hydrogens is 212 g/mol. The predicted molar refractivity (Wildman–Crippen MR) is 70.0 cm³/mol. The number of aromatic amines is 1. The molecule has 1 saturated heterocycles. The molecule has 2 heterocycles. The number of hydrogen-bond donors (Lipinski definition) is 2. The average Bonchev–Trinajstić information content (AvgIpc) is 2.65. The second kappa shape index (κ2) is 4.78. The summed E-state index contributed by atoms with van der Waals surface area (Å²) in [5, 5.41) is 10.8. The molecule has 1 aliphatic heterocycles. The van der Waals surface area contributed by atoms with Crippen LogP contribution in [-0.4, -0.2) is 40.8 Å². The zero-order valence-corrected chi connectivity index (χ0v) is 11.4. The summed E-state index contributed by atoms with van der Waals surface area (Å²) >= 11 is 0. The Bertz CT molecular complexity index is 364. The molecular formula is C13H24N4. The first kappa shape index (κ1) is 12.6. The first-order valence-electron chi connectivity index (χ1n) is 6.45. The molecule has 4 nitrogen and oxygen atoms in total. The van der Waals surface area contributed by atoms with Crippen molar-refractivity contribution in [3.05, 3.63) is 17.5 Å². The normalized spacial score (nSPS) is 22.9. The lowest BCUT2D eigenvalue weighted by Crippen LogP contribution is -2.48. The van der Waals surface area contributed by atoms with Crippen LogP contribution in [0.25, 0.3) is 0 Å². The van der Waals surface area contributed by atoms with Crippen LogP contribution >= 0.6 is 0 Å². The van der Waals surface area contributed by atoms with Gasteiger partial charge in [0.05, 0.1) is 6.20 Å². The SMILES string of the molecule is CC1CN(Cc2cn[nH]c2C(C)(C)C)CCN1. The largest absolute Gasteiger partial charge is 0.312 e. The second-order valence-electron chi connectivity index (χ2n) is 6.11. The lowest BCUT2D eigenvalue weighted by molar-refractivity contribution is 0.198. The number of hydrogen-bond acceptors (Lipinski definition) is 3. The molecule has 0 aromatic carbocycles. The van der Waals surface area contributed by atoms with Gasteiger partial charge in [0.2, 0.25) is 0 Å². The standard InChI is InChI=1S/C13H24N4/c1-10-8-17(6-5-14-10)9-11-7-15-16-12(11)13(2,3)4/h7,10,14H,5-6,8-9H2,1-4H3,(H,15,16). The van der Waals surface area contributed by atoms with Gasteiger partial charge in [-0.15, -0.1) is 0 Å². The maximum absolute atomic E-state index is 4.21. The van der Waals surface area contributed by atoms with Gasteiger partial charge in [0.15, 0.2) is 0 Å². The summed E-state index contributed by atoms with van der Waals surface area (Å²) < 4.78 is 0. The predicted octanol–water partition coefficient (Wildman–Crippen LogP) is 1.50. The molecule has 1 fully saturated rings. The molecule has 0 saturated carbocycles. The molecule has 1 aliphatic rings. The van der Waals surface area contributed by atoms with Crippen molar-refractivity contribution in [1.29, 1.82) is 0 Å². The number of nitrogens with zero attached hydrogens (tertiary/aromatic N) is 2. The Morgan fingerprint density at radius 2 is 2.24 bits per heavy atom. The van der Waals surface area contributed by atoms with Crippen LogP contribution in [0.5, 0.6) is 0 Å². The van der Waals surface area contributed by atoms with Crippen molar-refractivity contribution >= 4 is 0 Å². The summed E-state index contributed by atoms with van der Waals surface area (Å²) in [6.45, 7) is 13.3. The summed E-state index contributed by atoms with van der Waals surface area (Å²) in [5.74, 6) is 0. The maximum atomic E-state index is 4.21. The van der Waals surface area contributed by atoms with E-state index in [2.05, 4.69) is 48.1 Å². The maximum Gasteiger partial charge on any atom is 0.0535 e. The van der Waals surface area contributed by atoms with Crippen LogP contribution in [-0.2, 0) is 12.0 Å². The second-order valence-corrected chi connectivity index (χ2v) is 6.11. The number of aromatic nitrogens is 2. The molecule has 17 heavy (non-hydrogen) atoms. The quantitative estimate of drug-likeness (QED) is 0.818. The lowest BCUT2D eigenvalue weighted by Gasteiger charge is -2.32. The van der Waals surface area contributed by atoms with Crippen molar-refractivity contribution < 1.29 is 0 Å². The Morgan fingerprint density at radius 1 is 1.47 bits per heavy atom. The first-order valence-corrected chi connectivity index (χ1v) is 6.45. The molecule has 0 spiro atoms. The van der Waals surface area contributed by atoms with Gasteiger partial charge in [0.1, 0.15) is 0 Å². The van der Waals surface area contributed by atoms with Gasteiger partial charge < -0.3 is 5.32 Å². The van der Waals surface area contributed by atoms with Gasteiger partial charge in [-0.2, -0.15) is 5.10 Å². The minimum atomic E-state index is 0.144. The van der Waals surface area contributed by atoms with Crippen LogP contribution in [0, 0.1) is 0 Å². The number of H-pyrrole nitrogens is 1. The molecule has 0 radical (unpaired) electrons. The van der Waals surface area contributed by atoms with E-state index >= 15 is 0 Å². The van der Waals surface area contributed by atoms with E-state index in [0.717, 1.165) is 26.2 Å². The van der Waals surface area contributed by atoms with Crippen LogP contribution in [0.3, 0.4) is 0 Å². The van der Waals surface area contributed by atoms with Gasteiger partial charge in [-0.05, 0) is 6.92 Å². The highest BCUT2D eigenvalue weighted by Gasteiger charge is 2.22. The van der Waals surface area contributed by atoms with Crippen molar-refractivity contribution in [1.82, 2.24) is 20.4 Å². The number of piperazine rings is 1. The fourth-order valence-electron chi connectivity index (χ4n) is 2.48. The Balaban J connectivity index is 2.06.